The second-order valence-electron chi connectivity index (χ2n) is 7.28. The molecule has 7 nitrogen and oxygen atoms in total. The maximum Gasteiger partial charge on any atom is 0.242 e. The number of amides is 2. The molecule has 0 N–H and O–H groups in total. The van der Waals surface area contributed by atoms with Gasteiger partial charge in [-0.2, -0.15) is 0 Å². The van der Waals surface area contributed by atoms with Crippen molar-refractivity contribution in [2.24, 2.45) is 0 Å². The predicted octanol–water partition coefficient (Wildman–Crippen LogP) is 3.15. The number of nitrogens with zero attached hydrogens (tertiary/aromatic N) is 2. The molecule has 1 aromatic heterocycles. The number of hydrogen-bond donors (Lipinski definition) is 0. The summed E-state index contributed by atoms with van der Waals surface area (Å²) in [5, 5.41) is 2.06. The van der Waals surface area contributed by atoms with Gasteiger partial charge in [0.1, 0.15) is 6.61 Å². The molecular weight excluding hydrogens is 416 g/mol. The van der Waals surface area contributed by atoms with Crippen LogP contribution in [0.4, 0.5) is 0 Å². The Morgan fingerprint density at radius 3 is 2.68 bits per heavy atom. The Morgan fingerprint density at radius 2 is 1.97 bits per heavy atom. The summed E-state index contributed by atoms with van der Waals surface area (Å²) in [7, 11) is 3.19. The standard InChI is InChI=1S/C23H30N2O5S/c1-4-22(26)24(12-13-28-2)15-23(27)25-11-9-21-17(10-14-31-21)18(25)16-30-20-8-6-5-7-19(20)29-3/h5-8,10,14,18H,4,9,11-13,15-16H2,1-3H3/t18-/m0/s1. The van der Waals surface area contributed by atoms with Crippen molar-refractivity contribution in [1.82, 2.24) is 9.80 Å². The first-order valence-electron chi connectivity index (χ1n) is 10.5. The molecule has 1 atom stereocenters. The molecule has 1 aliphatic heterocycles. The smallest absolute Gasteiger partial charge is 0.242 e. The SMILES string of the molecule is CCC(=O)N(CCOC)CC(=O)N1CCc2sccc2[C@@H]1COc1ccccc1OC. The van der Waals surface area contributed by atoms with Crippen LogP contribution in [0.3, 0.4) is 0 Å². The molecule has 0 saturated carbocycles. The van der Waals surface area contributed by atoms with E-state index in [0.29, 0.717) is 44.2 Å². The van der Waals surface area contributed by atoms with Crippen LogP contribution < -0.4 is 9.47 Å². The quantitative estimate of drug-likeness (QED) is 0.561. The van der Waals surface area contributed by atoms with E-state index in [2.05, 4.69) is 11.4 Å². The summed E-state index contributed by atoms with van der Waals surface area (Å²) in [5.41, 5.74) is 1.12. The van der Waals surface area contributed by atoms with Crippen molar-refractivity contribution in [3.05, 3.63) is 46.2 Å². The van der Waals surface area contributed by atoms with Crippen LogP contribution in [0, 0.1) is 0 Å². The third-order valence-electron chi connectivity index (χ3n) is 5.43. The molecule has 0 fully saturated rings. The lowest BCUT2D eigenvalue weighted by Crippen LogP contribution is -2.48. The Kier molecular flexibility index (Phi) is 8.31. The first-order chi connectivity index (χ1) is 15.1. The molecule has 8 heteroatoms. The number of methoxy groups -OCH3 is 2. The summed E-state index contributed by atoms with van der Waals surface area (Å²) in [6.45, 7) is 3.55. The number of thiophene rings is 1. The van der Waals surface area contributed by atoms with E-state index in [4.69, 9.17) is 14.2 Å². The van der Waals surface area contributed by atoms with Crippen LogP contribution in [-0.2, 0) is 20.7 Å². The molecule has 2 aromatic rings. The Bertz CT molecular complexity index is 884. The van der Waals surface area contributed by atoms with E-state index in [0.717, 1.165) is 12.0 Å². The molecule has 0 aliphatic carbocycles. The highest BCUT2D eigenvalue weighted by molar-refractivity contribution is 7.10. The van der Waals surface area contributed by atoms with E-state index >= 15 is 0 Å². The number of fused-ring (bicyclic) bond motifs is 1. The van der Waals surface area contributed by atoms with Gasteiger partial charge in [-0.1, -0.05) is 19.1 Å². The van der Waals surface area contributed by atoms with Crippen LogP contribution in [0.15, 0.2) is 35.7 Å². The third kappa shape index (κ3) is 5.57. The minimum atomic E-state index is -0.214. The number of carbonyl (C=O) groups excluding carboxylic acids is 2. The second kappa shape index (κ2) is 11.2. The van der Waals surface area contributed by atoms with Gasteiger partial charge < -0.3 is 24.0 Å². The van der Waals surface area contributed by atoms with Crippen LogP contribution in [-0.4, -0.2) is 68.7 Å². The monoisotopic (exact) mass is 446 g/mol. The summed E-state index contributed by atoms with van der Waals surface area (Å²) in [6, 6.07) is 9.33. The van der Waals surface area contributed by atoms with Gasteiger partial charge in [-0.05, 0) is 35.6 Å². The van der Waals surface area contributed by atoms with Crippen molar-refractivity contribution < 1.29 is 23.8 Å². The van der Waals surface area contributed by atoms with Gasteiger partial charge in [0.2, 0.25) is 11.8 Å². The number of hydrogen-bond acceptors (Lipinski definition) is 6. The van der Waals surface area contributed by atoms with Gasteiger partial charge in [-0.15, -0.1) is 11.3 Å². The highest BCUT2D eigenvalue weighted by Gasteiger charge is 2.33. The van der Waals surface area contributed by atoms with Gasteiger partial charge in [-0.3, -0.25) is 9.59 Å². The van der Waals surface area contributed by atoms with E-state index in [-0.39, 0.29) is 24.4 Å². The molecule has 0 radical (unpaired) electrons. The summed E-state index contributed by atoms with van der Waals surface area (Å²) in [5.74, 6) is 1.16. The van der Waals surface area contributed by atoms with Crippen molar-refractivity contribution in [2.75, 3.05) is 47.1 Å². The van der Waals surface area contributed by atoms with E-state index in [1.54, 1.807) is 37.4 Å². The van der Waals surface area contributed by atoms with Gasteiger partial charge in [0.25, 0.3) is 0 Å². The molecule has 2 heterocycles. The minimum absolute atomic E-state index is 0.0423. The fourth-order valence-electron chi connectivity index (χ4n) is 3.75. The molecule has 1 aromatic carbocycles. The number of benzene rings is 1. The average molecular weight is 447 g/mol. The van der Waals surface area contributed by atoms with E-state index in [1.165, 1.54) is 4.88 Å². The normalized spacial score (nSPS) is 15.3. The fourth-order valence-corrected chi connectivity index (χ4v) is 4.68. The summed E-state index contributed by atoms with van der Waals surface area (Å²) in [4.78, 5) is 30.3. The zero-order valence-electron chi connectivity index (χ0n) is 18.3. The zero-order valence-corrected chi connectivity index (χ0v) is 19.2. The molecule has 2 amide bonds. The molecule has 0 bridgehead atoms. The van der Waals surface area contributed by atoms with Crippen LogP contribution in [0.5, 0.6) is 11.5 Å². The maximum absolute atomic E-state index is 13.3. The highest BCUT2D eigenvalue weighted by atomic mass is 32.1. The van der Waals surface area contributed by atoms with Crippen LogP contribution in [0.1, 0.15) is 29.8 Å². The molecule has 168 valence electrons. The summed E-state index contributed by atoms with van der Waals surface area (Å²) < 4.78 is 16.6. The minimum Gasteiger partial charge on any atom is -0.493 e. The lowest BCUT2D eigenvalue weighted by Gasteiger charge is -2.37. The topological polar surface area (TPSA) is 68.3 Å². The first-order valence-corrected chi connectivity index (χ1v) is 11.3. The Balaban J connectivity index is 1.77. The largest absolute Gasteiger partial charge is 0.493 e. The lowest BCUT2D eigenvalue weighted by atomic mass is 10.0. The van der Waals surface area contributed by atoms with Crippen molar-refractivity contribution in [1.29, 1.82) is 0 Å². The number of carbonyl (C=O) groups is 2. The molecule has 0 spiro atoms. The molecule has 0 saturated heterocycles. The van der Waals surface area contributed by atoms with Crippen molar-refractivity contribution in [3.8, 4) is 11.5 Å². The van der Waals surface area contributed by atoms with Crippen LogP contribution >= 0.6 is 11.3 Å². The molecule has 0 unspecified atom stereocenters. The Hall–Kier alpha value is -2.58. The van der Waals surface area contributed by atoms with Gasteiger partial charge in [0.15, 0.2) is 11.5 Å². The van der Waals surface area contributed by atoms with Crippen molar-refractivity contribution in [3.63, 3.8) is 0 Å². The van der Waals surface area contributed by atoms with E-state index in [9.17, 15) is 9.59 Å². The van der Waals surface area contributed by atoms with Crippen LogP contribution in [0.2, 0.25) is 0 Å². The Labute approximate surface area is 187 Å². The summed E-state index contributed by atoms with van der Waals surface area (Å²) in [6.07, 6.45) is 1.16. The summed E-state index contributed by atoms with van der Waals surface area (Å²) >= 11 is 1.71. The van der Waals surface area contributed by atoms with Crippen molar-refractivity contribution in [2.45, 2.75) is 25.8 Å². The third-order valence-corrected chi connectivity index (χ3v) is 6.42. The first kappa shape index (κ1) is 23.1. The fraction of sp³-hybridized carbons (Fsp3) is 0.478. The van der Waals surface area contributed by atoms with E-state index in [1.807, 2.05) is 29.2 Å². The maximum atomic E-state index is 13.3. The highest BCUT2D eigenvalue weighted by Crippen LogP contribution is 2.35. The second-order valence-corrected chi connectivity index (χ2v) is 8.28. The predicted molar refractivity (Wildman–Crippen MR) is 120 cm³/mol. The van der Waals surface area contributed by atoms with E-state index < -0.39 is 0 Å². The molecule has 3 rings (SSSR count). The van der Waals surface area contributed by atoms with Crippen LogP contribution in [0.25, 0.3) is 0 Å². The average Bonchev–Trinajstić information content (AvgIpc) is 3.28. The molecule has 1 aliphatic rings. The lowest BCUT2D eigenvalue weighted by molar-refractivity contribution is -0.143. The number of rotatable bonds is 10. The number of para-hydroxylation sites is 2. The number of ether oxygens (including phenoxy) is 3. The van der Waals surface area contributed by atoms with Gasteiger partial charge in [0, 0.05) is 31.5 Å². The molecule has 31 heavy (non-hydrogen) atoms. The Morgan fingerprint density at radius 1 is 1.19 bits per heavy atom. The molecular formula is C23H30N2O5S. The van der Waals surface area contributed by atoms with Gasteiger partial charge >= 0.3 is 0 Å². The van der Waals surface area contributed by atoms with Gasteiger partial charge in [-0.25, -0.2) is 0 Å². The van der Waals surface area contributed by atoms with Gasteiger partial charge in [0.05, 0.1) is 26.3 Å². The zero-order chi connectivity index (χ0) is 22.2. The van der Waals surface area contributed by atoms with Crippen molar-refractivity contribution >= 4 is 23.2 Å².